The third-order valence-electron chi connectivity index (χ3n) is 6.35. The Morgan fingerprint density at radius 2 is 1.71 bits per heavy atom. The number of piperidine rings is 1. The van der Waals surface area contributed by atoms with E-state index in [9.17, 15) is 14.4 Å². The monoisotopic (exact) mass is 486 g/mol. The molecule has 0 atom stereocenters. The third-order valence-corrected chi connectivity index (χ3v) is 7.60. The normalized spacial score (nSPS) is 13.7. The molecule has 1 aliphatic heterocycles. The fraction of sp³-hybridized carbons (Fsp3) is 0.259. The van der Waals surface area contributed by atoms with Crippen LogP contribution in [0.2, 0.25) is 0 Å². The highest BCUT2D eigenvalue weighted by atomic mass is 32.1. The molecule has 178 valence electrons. The van der Waals surface area contributed by atoms with Gasteiger partial charge in [0.1, 0.15) is 11.5 Å². The molecule has 1 aliphatic rings. The van der Waals surface area contributed by atoms with Crippen LogP contribution >= 0.6 is 11.3 Å². The Bertz CT molecular complexity index is 1450. The highest BCUT2D eigenvalue weighted by Crippen LogP contribution is 2.40. The second kappa shape index (κ2) is 9.84. The number of nitrogens with one attached hydrogen (secondary N) is 1. The first-order valence-electron chi connectivity index (χ1n) is 11.8. The van der Waals surface area contributed by atoms with Crippen molar-refractivity contribution in [3.05, 3.63) is 82.3 Å². The number of benzene rings is 2. The van der Waals surface area contributed by atoms with Crippen molar-refractivity contribution in [3.8, 4) is 10.4 Å². The molecule has 0 bridgehead atoms. The molecule has 2 aromatic heterocycles. The predicted octanol–water partition coefficient (Wildman–Crippen LogP) is 4.70. The van der Waals surface area contributed by atoms with Gasteiger partial charge in [0.2, 0.25) is 5.91 Å². The lowest BCUT2D eigenvalue weighted by atomic mass is 10.0. The first-order chi connectivity index (χ1) is 17.0. The number of amides is 2. The minimum atomic E-state index is -0.364. The zero-order valence-corrected chi connectivity index (χ0v) is 20.3. The van der Waals surface area contributed by atoms with Crippen LogP contribution in [0, 0.1) is 6.92 Å². The minimum Gasteiger partial charge on any atom is -0.339 e. The van der Waals surface area contributed by atoms with Crippen molar-refractivity contribution in [1.29, 1.82) is 0 Å². The van der Waals surface area contributed by atoms with E-state index < -0.39 is 0 Å². The van der Waals surface area contributed by atoms with Crippen molar-refractivity contribution in [2.24, 2.45) is 0 Å². The quantitative estimate of drug-likeness (QED) is 0.443. The SMILES string of the molecule is Cc1c(-c2ccccc2)sc(NC(=O)Cn2c(=O)cnc3ccccc32)c1C(=O)N1CCCCC1. The fourth-order valence-corrected chi connectivity index (χ4v) is 5.79. The van der Waals surface area contributed by atoms with Gasteiger partial charge in [0.15, 0.2) is 0 Å². The molecular weight excluding hydrogens is 460 g/mol. The highest BCUT2D eigenvalue weighted by molar-refractivity contribution is 7.20. The molecule has 4 aromatic rings. The number of para-hydroxylation sites is 2. The molecule has 0 spiro atoms. The predicted molar refractivity (Wildman–Crippen MR) is 139 cm³/mol. The lowest BCUT2D eigenvalue weighted by Crippen LogP contribution is -2.36. The molecule has 3 heterocycles. The Kier molecular flexibility index (Phi) is 6.46. The zero-order valence-electron chi connectivity index (χ0n) is 19.5. The van der Waals surface area contributed by atoms with Crippen LogP contribution in [0.25, 0.3) is 21.5 Å². The summed E-state index contributed by atoms with van der Waals surface area (Å²) in [5.41, 5.74) is 3.27. The standard InChI is InChI=1S/C27H26N4O3S/c1-18-24(27(34)30-14-8-3-9-15-30)26(35-25(18)19-10-4-2-5-11-19)29-22(32)17-31-21-13-7-6-12-20(21)28-16-23(31)33/h2,4-7,10-13,16H,3,8-9,14-15,17H2,1H3,(H,29,32). The van der Waals surface area contributed by atoms with Crippen molar-refractivity contribution in [3.63, 3.8) is 0 Å². The van der Waals surface area contributed by atoms with Crippen LogP contribution in [0.15, 0.2) is 65.6 Å². The van der Waals surface area contributed by atoms with Gasteiger partial charge in [0.25, 0.3) is 11.5 Å². The number of likely N-dealkylation sites (tertiary alicyclic amines) is 1. The molecule has 1 saturated heterocycles. The van der Waals surface area contributed by atoms with Crippen molar-refractivity contribution in [1.82, 2.24) is 14.5 Å². The van der Waals surface area contributed by atoms with Gasteiger partial charge >= 0.3 is 0 Å². The summed E-state index contributed by atoms with van der Waals surface area (Å²) in [5.74, 6) is -0.417. The Labute approximate surface area is 207 Å². The number of nitrogens with zero attached hydrogens (tertiary/aromatic N) is 3. The molecule has 35 heavy (non-hydrogen) atoms. The van der Waals surface area contributed by atoms with E-state index in [1.54, 1.807) is 12.1 Å². The molecule has 8 heteroatoms. The Morgan fingerprint density at radius 1 is 1.00 bits per heavy atom. The maximum absolute atomic E-state index is 13.6. The van der Waals surface area contributed by atoms with Crippen molar-refractivity contribution >= 4 is 39.2 Å². The number of aromatic nitrogens is 2. The summed E-state index contributed by atoms with van der Waals surface area (Å²) >= 11 is 1.40. The van der Waals surface area contributed by atoms with Crippen LogP contribution in [0.3, 0.4) is 0 Å². The van der Waals surface area contributed by atoms with Crippen LogP contribution in [0.1, 0.15) is 35.2 Å². The molecule has 0 aliphatic carbocycles. The van der Waals surface area contributed by atoms with Gasteiger partial charge in [-0.05, 0) is 49.4 Å². The van der Waals surface area contributed by atoms with Gasteiger partial charge in [-0.3, -0.25) is 19.0 Å². The molecule has 1 N–H and O–H groups in total. The fourth-order valence-electron chi connectivity index (χ4n) is 4.57. The minimum absolute atomic E-state index is 0.0533. The zero-order chi connectivity index (χ0) is 24.4. The van der Waals surface area contributed by atoms with E-state index >= 15 is 0 Å². The number of carbonyl (C=O) groups excluding carboxylic acids is 2. The molecule has 0 radical (unpaired) electrons. The molecule has 1 fully saturated rings. The topological polar surface area (TPSA) is 84.3 Å². The summed E-state index contributed by atoms with van der Waals surface area (Å²) in [5, 5.41) is 3.48. The van der Waals surface area contributed by atoms with E-state index in [1.807, 2.05) is 54.3 Å². The number of hydrogen-bond donors (Lipinski definition) is 1. The van der Waals surface area contributed by atoms with Crippen LogP contribution in [-0.2, 0) is 11.3 Å². The maximum atomic E-state index is 13.6. The molecular formula is C27H26N4O3S. The van der Waals surface area contributed by atoms with Gasteiger partial charge in [0, 0.05) is 18.0 Å². The first-order valence-corrected chi connectivity index (χ1v) is 12.6. The van der Waals surface area contributed by atoms with Gasteiger partial charge in [-0.1, -0.05) is 42.5 Å². The largest absolute Gasteiger partial charge is 0.339 e. The average Bonchev–Trinajstić information content (AvgIpc) is 3.21. The van der Waals surface area contributed by atoms with Crippen LogP contribution in [0.5, 0.6) is 0 Å². The van der Waals surface area contributed by atoms with Crippen LogP contribution in [0.4, 0.5) is 5.00 Å². The Morgan fingerprint density at radius 3 is 2.49 bits per heavy atom. The molecule has 7 nitrogen and oxygen atoms in total. The molecule has 0 saturated carbocycles. The van der Waals surface area contributed by atoms with Crippen molar-refractivity contribution in [2.75, 3.05) is 18.4 Å². The van der Waals surface area contributed by atoms with Gasteiger partial charge in [-0.25, -0.2) is 4.98 Å². The molecule has 5 rings (SSSR count). The smallest absolute Gasteiger partial charge is 0.269 e. The van der Waals surface area contributed by atoms with Crippen LogP contribution in [-0.4, -0.2) is 39.4 Å². The lowest BCUT2D eigenvalue weighted by molar-refractivity contribution is -0.116. The number of carbonyl (C=O) groups is 2. The summed E-state index contributed by atoms with van der Waals surface area (Å²) in [6.07, 6.45) is 4.32. The third kappa shape index (κ3) is 4.61. The molecule has 2 amide bonds. The van der Waals surface area contributed by atoms with Gasteiger partial charge in [-0.15, -0.1) is 11.3 Å². The van der Waals surface area contributed by atoms with E-state index in [2.05, 4.69) is 10.3 Å². The van der Waals surface area contributed by atoms with Gasteiger partial charge < -0.3 is 10.2 Å². The average molecular weight is 487 g/mol. The van der Waals surface area contributed by atoms with Crippen molar-refractivity contribution in [2.45, 2.75) is 32.7 Å². The number of anilines is 1. The number of fused-ring (bicyclic) bond motifs is 1. The van der Waals surface area contributed by atoms with Crippen molar-refractivity contribution < 1.29 is 9.59 Å². The van der Waals surface area contributed by atoms with E-state index in [0.29, 0.717) is 21.6 Å². The van der Waals surface area contributed by atoms with E-state index in [0.717, 1.165) is 48.4 Å². The number of thiophene rings is 1. The summed E-state index contributed by atoms with van der Waals surface area (Å²) in [4.78, 5) is 46.2. The summed E-state index contributed by atoms with van der Waals surface area (Å²) in [6, 6.07) is 17.1. The van der Waals surface area contributed by atoms with E-state index in [1.165, 1.54) is 22.1 Å². The Hall–Kier alpha value is -3.78. The highest BCUT2D eigenvalue weighted by Gasteiger charge is 2.28. The Balaban J connectivity index is 1.50. The summed E-state index contributed by atoms with van der Waals surface area (Å²) < 4.78 is 1.41. The molecule has 2 aromatic carbocycles. The van der Waals surface area contributed by atoms with E-state index in [4.69, 9.17) is 0 Å². The summed E-state index contributed by atoms with van der Waals surface area (Å²) in [6.45, 7) is 3.21. The van der Waals surface area contributed by atoms with Crippen LogP contribution < -0.4 is 10.9 Å². The summed E-state index contributed by atoms with van der Waals surface area (Å²) in [7, 11) is 0. The maximum Gasteiger partial charge on any atom is 0.269 e. The number of rotatable bonds is 5. The second-order valence-electron chi connectivity index (χ2n) is 8.70. The lowest BCUT2D eigenvalue weighted by Gasteiger charge is -2.27. The van der Waals surface area contributed by atoms with E-state index in [-0.39, 0.29) is 23.9 Å². The number of hydrogen-bond acceptors (Lipinski definition) is 5. The molecule has 0 unspecified atom stereocenters. The van der Waals surface area contributed by atoms with Gasteiger partial charge in [-0.2, -0.15) is 0 Å². The first kappa shape index (κ1) is 23.0. The second-order valence-corrected chi connectivity index (χ2v) is 9.72. The van der Waals surface area contributed by atoms with Gasteiger partial charge in [0.05, 0.1) is 22.8 Å².